The summed E-state index contributed by atoms with van der Waals surface area (Å²) in [5.74, 6) is -0.381. The molecule has 0 aromatic heterocycles. The van der Waals surface area contributed by atoms with Crippen molar-refractivity contribution >= 4 is 31.8 Å². The number of hydrogen-bond acceptors (Lipinski definition) is 4. The molecule has 1 saturated heterocycles. The first kappa shape index (κ1) is 15.5. The molecule has 1 aliphatic heterocycles. The number of alkyl halides is 5. The molecule has 0 spiro atoms. The minimum absolute atomic E-state index is 0.0624. The summed E-state index contributed by atoms with van der Waals surface area (Å²) in [5, 5.41) is 0. The Labute approximate surface area is 120 Å². The van der Waals surface area contributed by atoms with E-state index in [-0.39, 0.29) is 55.7 Å². The van der Waals surface area contributed by atoms with Gasteiger partial charge in [0.1, 0.15) is 0 Å². The van der Waals surface area contributed by atoms with Gasteiger partial charge in [-0.3, -0.25) is 0 Å². The van der Waals surface area contributed by atoms with E-state index in [1.165, 1.54) is 0 Å². The van der Waals surface area contributed by atoms with Crippen molar-refractivity contribution in [3.63, 3.8) is 0 Å². The van der Waals surface area contributed by atoms with Gasteiger partial charge in [0.15, 0.2) is 0 Å². The molecule has 6 heteroatoms. The first-order valence-corrected chi connectivity index (χ1v) is 14.3. The van der Waals surface area contributed by atoms with E-state index in [4.69, 9.17) is 9.47 Å². The van der Waals surface area contributed by atoms with Gasteiger partial charge in [-0.2, -0.15) is 0 Å². The fourth-order valence-corrected chi connectivity index (χ4v) is 10.5. The molecule has 0 amide bonds. The predicted molar refractivity (Wildman–Crippen MR) is 70.5 cm³/mol. The van der Waals surface area contributed by atoms with Crippen molar-refractivity contribution in [1.29, 1.82) is 0 Å². The first-order chi connectivity index (χ1) is 7.90. The molecule has 0 saturated carbocycles. The van der Waals surface area contributed by atoms with Gasteiger partial charge in [0.05, 0.1) is 0 Å². The van der Waals surface area contributed by atoms with Crippen LogP contribution in [0.3, 0.4) is 0 Å². The standard InChI is InChI=1S/C11H19I2O4/c1-11(7-12-2,13(3)4)10(15)17-8-5-9(14)16-6-8/h8H,5-7H2,1-4H3/q-1. The van der Waals surface area contributed by atoms with Crippen LogP contribution in [0.15, 0.2) is 0 Å². The number of carbonyl (C=O) groups excluding carboxylic acids is 2. The van der Waals surface area contributed by atoms with E-state index in [1.54, 1.807) is 0 Å². The van der Waals surface area contributed by atoms with Gasteiger partial charge in [-0.1, -0.05) is 0 Å². The van der Waals surface area contributed by atoms with Crippen molar-refractivity contribution in [3.8, 4) is 0 Å². The Bertz CT molecular complexity index is 306. The quantitative estimate of drug-likeness (QED) is 0.268. The Morgan fingerprint density at radius 2 is 2.29 bits per heavy atom. The van der Waals surface area contributed by atoms with Gasteiger partial charge in [0.25, 0.3) is 0 Å². The van der Waals surface area contributed by atoms with Crippen LogP contribution in [-0.2, 0) is 19.1 Å². The minimum atomic E-state index is -1.30. The summed E-state index contributed by atoms with van der Waals surface area (Å²) < 4.78 is 10.9. The van der Waals surface area contributed by atoms with Crippen LogP contribution in [-0.4, -0.2) is 47.3 Å². The zero-order chi connectivity index (χ0) is 13.1. The Morgan fingerprint density at radius 3 is 2.71 bits per heavy atom. The fourth-order valence-electron chi connectivity index (χ4n) is 1.40. The van der Waals surface area contributed by atoms with E-state index in [0.29, 0.717) is 0 Å². The van der Waals surface area contributed by atoms with Crippen LogP contribution in [0, 0.1) is 0 Å². The van der Waals surface area contributed by atoms with Gasteiger partial charge in [-0.25, -0.2) is 0 Å². The van der Waals surface area contributed by atoms with Crippen LogP contribution in [0.5, 0.6) is 0 Å². The zero-order valence-corrected chi connectivity index (χ0v) is 14.9. The first-order valence-electron chi connectivity index (χ1n) is 5.20. The van der Waals surface area contributed by atoms with Gasteiger partial charge < -0.3 is 0 Å². The molecule has 1 rings (SSSR count). The summed E-state index contributed by atoms with van der Waals surface area (Å²) >= 11 is -1.24. The third-order valence-corrected chi connectivity index (χ3v) is 12.1. The molecule has 0 radical (unpaired) electrons. The molecular weight excluding hydrogens is 450 g/mol. The number of esters is 2. The molecule has 1 fully saturated rings. The zero-order valence-electron chi connectivity index (χ0n) is 10.6. The van der Waals surface area contributed by atoms with Gasteiger partial charge in [0, 0.05) is 0 Å². The van der Waals surface area contributed by atoms with Gasteiger partial charge >= 0.3 is 121 Å². The van der Waals surface area contributed by atoms with Crippen LogP contribution >= 0.6 is 19.8 Å². The van der Waals surface area contributed by atoms with E-state index in [2.05, 4.69) is 14.8 Å². The van der Waals surface area contributed by atoms with Crippen LogP contribution in [0.1, 0.15) is 13.3 Å². The van der Waals surface area contributed by atoms with Crippen molar-refractivity contribution in [2.45, 2.75) is 22.9 Å². The molecule has 2 unspecified atom stereocenters. The van der Waals surface area contributed by atoms with Crippen molar-refractivity contribution in [1.82, 2.24) is 0 Å². The van der Waals surface area contributed by atoms with Gasteiger partial charge in [-0.05, 0) is 0 Å². The summed E-state index contributed by atoms with van der Waals surface area (Å²) in [6.45, 7) is 2.25. The Kier molecular flexibility index (Phi) is 5.94. The number of hydrogen-bond donors (Lipinski definition) is 0. The van der Waals surface area contributed by atoms with Crippen molar-refractivity contribution < 1.29 is 40.3 Å². The van der Waals surface area contributed by atoms with E-state index in [9.17, 15) is 9.59 Å². The molecule has 1 aliphatic rings. The fraction of sp³-hybridized carbons (Fsp3) is 0.818. The topological polar surface area (TPSA) is 52.6 Å². The van der Waals surface area contributed by atoms with E-state index >= 15 is 0 Å². The average Bonchev–Trinajstić information content (AvgIpc) is 2.63. The summed E-state index contributed by atoms with van der Waals surface area (Å²) in [6.07, 6.45) is -0.148. The summed E-state index contributed by atoms with van der Waals surface area (Å²) in [4.78, 5) is 29.8. The molecule has 4 nitrogen and oxygen atoms in total. The monoisotopic (exact) mass is 469 g/mol. The summed E-state index contributed by atoms with van der Waals surface area (Å²) in [6, 6.07) is 0. The predicted octanol–water partition coefficient (Wildman–Crippen LogP) is -1.91. The average molecular weight is 469 g/mol. The molecular formula is C11H19I2O4-. The molecule has 2 atom stereocenters. The maximum atomic E-state index is 12.2. The van der Waals surface area contributed by atoms with E-state index in [0.717, 1.165) is 4.43 Å². The van der Waals surface area contributed by atoms with E-state index < -0.39 is 19.8 Å². The number of ether oxygens (including phenoxy) is 2. The summed E-state index contributed by atoms with van der Waals surface area (Å²) in [5.41, 5.74) is 0. The Morgan fingerprint density at radius 1 is 1.65 bits per heavy atom. The second-order valence-corrected chi connectivity index (χ2v) is 13.3. The van der Waals surface area contributed by atoms with Crippen LogP contribution in [0.4, 0.5) is 0 Å². The second kappa shape index (κ2) is 6.53. The number of cyclic esters (lactones) is 1. The molecule has 0 N–H and O–H groups in total. The molecule has 102 valence electrons. The third kappa shape index (κ3) is 3.93. The van der Waals surface area contributed by atoms with Crippen LogP contribution in [0.2, 0.25) is 0 Å². The van der Waals surface area contributed by atoms with Crippen molar-refractivity contribution in [3.05, 3.63) is 0 Å². The van der Waals surface area contributed by atoms with Gasteiger partial charge in [-0.15, -0.1) is 0 Å². The number of carbonyl (C=O) groups is 2. The maximum absolute atomic E-state index is 12.2. The molecule has 1 heterocycles. The third-order valence-electron chi connectivity index (χ3n) is 2.74. The number of halogens is 2. The molecule has 0 aliphatic carbocycles. The Hall–Kier alpha value is 0.400. The van der Waals surface area contributed by atoms with Gasteiger partial charge in [0.2, 0.25) is 0 Å². The molecule has 0 aromatic rings. The van der Waals surface area contributed by atoms with Crippen molar-refractivity contribution in [2.24, 2.45) is 0 Å². The van der Waals surface area contributed by atoms with Crippen LogP contribution < -0.4 is 21.2 Å². The molecule has 0 aromatic carbocycles. The SMILES string of the molecule is C[I-]CC(C)(C(=O)OC1COC(=O)C1)I(C)C. The van der Waals surface area contributed by atoms with Crippen LogP contribution in [0.25, 0.3) is 0 Å². The normalized spacial score (nSPS) is 24.1. The van der Waals surface area contributed by atoms with Crippen molar-refractivity contribution in [2.75, 3.05) is 25.8 Å². The summed E-state index contributed by atoms with van der Waals surface area (Å²) in [7, 11) is 0. The Balaban J connectivity index is 2.62. The second-order valence-electron chi connectivity index (χ2n) is 4.27. The number of rotatable bonds is 5. The molecule has 17 heavy (non-hydrogen) atoms. The van der Waals surface area contributed by atoms with E-state index in [1.807, 2.05) is 6.92 Å². The molecule has 0 bridgehead atoms.